The molecule has 1 aromatic carbocycles. The van der Waals surface area contributed by atoms with E-state index in [2.05, 4.69) is 31.8 Å². The van der Waals surface area contributed by atoms with Gasteiger partial charge in [0.1, 0.15) is 13.3 Å². The summed E-state index contributed by atoms with van der Waals surface area (Å²) >= 11 is 0. The second kappa shape index (κ2) is 3.91. The van der Waals surface area contributed by atoms with Crippen LogP contribution in [0.3, 0.4) is 0 Å². The Balaban J connectivity index is 2.33. The van der Waals surface area contributed by atoms with Gasteiger partial charge in [-0.1, -0.05) is 50.0 Å². The quantitative estimate of drug-likeness (QED) is 0.827. The molecule has 0 fully saturated rings. The highest BCUT2D eigenvalue weighted by molar-refractivity contribution is 6.80. The number of aliphatic hydroxyl groups is 1. The highest BCUT2D eigenvalue weighted by atomic mass is 28.3. The van der Waals surface area contributed by atoms with Gasteiger partial charge in [0.15, 0.2) is 0 Å². The van der Waals surface area contributed by atoms with Gasteiger partial charge in [-0.3, -0.25) is 0 Å². The molecule has 1 aliphatic heterocycles. The van der Waals surface area contributed by atoms with E-state index in [0.29, 0.717) is 0 Å². The van der Waals surface area contributed by atoms with E-state index in [1.54, 1.807) is 0 Å². The third-order valence-electron chi connectivity index (χ3n) is 3.70. The van der Waals surface area contributed by atoms with Gasteiger partial charge < -0.3 is 9.84 Å². The normalized spacial score (nSPS) is 24.2. The molecule has 1 unspecified atom stereocenters. The Morgan fingerprint density at radius 2 is 1.76 bits per heavy atom. The van der Waals surface area contributed by atoms with Crippen molar-refractivity contribution in [3.8, 4) is 0 Å². The van der Waals surface area contributed by atoms with Crippen molar-refractivity contribution in [1.29, 1.82) is 0 Å². The fraction of sp³-hybridized carbons (Fsp3) is 0.429. The van der Waals surface area contributed by atoms with Crippen LogP contribution in [0.5, 0.6) is 0 Å². The zero-order chi connectivity index (χ0) is 12.7. The molecule has 0 saturated carbocycles. The van der Waals surface area contributed by atoms with E-state index in [-0.39, 0.29) is 11.2 Å². The first-order chi connectivity index (χ1) is 7.87. The third kappa shape index (κ3) is 1.88. The van der Waals surface area contributed by atoms with Gasteiger partial charge in [-0.2, -0.15) is 0 Å². The number of rotatable bonds is 3. The molecule has 1 heterocycles. The van der Waals surface area contributed by atoms with Crippen LogP contribution in [0, 0.1) is 0 Å². The SMILES string of the molecule is CC1=C(O)OC1(Cc1ccccc1)[Si](C)(C)C. The Hall–Kier alpha value is -1.22. The molecule has 0 spiro atoms. The van der Waals surface area contributed by atoms with E-state index in [4.69, 9.17) is 4.74 Å². The van der Waals surface area contributed by atoms with Crippen molar-refractivity contribution in [3.05, 3.63) is 47.4 Å². The Morgan fingerprint density at radius 1 is 1.18 bits per heavy atom. The highest BCUT2D eigenvalue weighted by Crippen LogP contribution is 2.45. The third-order valence-corrected chi connectivity index (χ3v) is 6.78. The number of hydrogen-bond acceptors (Lipinski definition) is 2. The summed E-state index contributed by atoms with van der Waals surface area (Å²) < 4.78 is 5.70. The average molecular weight is 248 g/mol. The number of aliphatic hydroxyl groups excluding tert-OH is 1. The zero-order valence-electron chi connectivity index (χ0n) is 10.9. The molecule has 0 amide bonds. The van der Waals surface area contributed by atoms with E-state index >= 15 is 0 Å². The molecule has 1 N–H and O–H groups in total. The predicted octanol–water partition coefficient (Wildman–Crippen LogP) is 3.67. The molecule has 0 bridgehead atoms. The van der Waals surface area contributed by atoms with Crippen LogP contribution >= 0.6 is 0 Å². The van der Waals surface area contributed by atoms with Gasteiger partial charge in [-0.25, -0.2) is 0 Å². The van der Waals surface area contributed by atoms with E-state index in [1.807, 2.05) is 25.1 Å². The van der Waals surface area contributed by atoms with Crippen LogP contribution in [-0.4, -0.2) is 18.4 Å². The minimum Gasteiger partial charge on any atom is -0.481 e. The number of ether oxygens (including phenoxy) is 1. The summed E-state index contributed by atoms with van der Waals surface area (Å²) in [6.07, 6.45) is 0.861. The van der Waals surface area contributed by atoms with Crippen molar-refractivity contribution in [2.24, 2.45) is 0 Å². The molecule has 0 radical (unpaired) electrons. The van der Waals surface area contributed by atoms with Crippen molar-refractivity contribution in [2.45, 2.75) is 38.2 Å². The van der Waals surface area contributed by atoms with E-state index in [9.17, 15) is 5.11 Å². The molecule has 2 nitrogen and oxygen atoms in total. The maximum atomic E-state index is 9.57. The molecular formula is C14H20O2Si. The summed E-state index contributed by atoms with van der Waals surface area (Å²) in [6.45, 7) is 8.84. The maximum absolute atomic E-state index is 9.57. The minimum absolute atomic E-state index is 0.128. The lowest BCUT2D eigenvalue weighted by Crippen LogP contribution is -2.61. The summed E-state index contributed by atoms with van der Waals surface area (Å²) in [6, 6.07) is 10.4. The molecule has 1 aromatic rings. The Kier molecular flexibility index (Phi) is 2.82. The maximum Gasteiger partial charge on any atom is 0.279 e. The van der Waals surface area contributed by atoms with Crippen molar-refractivity contribution in [2.75, 3.05) is 0 Å². The van der Waals surface area contributed by atoms with Gasteiger partial charge in [0.2, 0.25) is 0 Å². The molecule has 0 saturated heterocycles. The smallest absolute Gasteiger partial charge is 0.279 e. The fourth-order valence-corrected chi connectivity index (χ4v) is 4.85. The van der Waals surface area contributed by atoms with Crippen LogP contribution < -0.4 is 0 Å². The lowest BCUT2D eigenvalue weighted by Gasteiger charge is -2.50. The average Bonchev–Trinajstić information content (AvgIpc) is 2.27. The van der Waals surface area contributed by atoms with Crippen LogP contribution in [0.25, 0.3) is 0 Å². The van der Waals surface area contributed by atoms with Crippen molar-refractivity contribution in [3.63, 3.8) is 0 Å². The van der Waals surface area contributed by atoms with Gasteiger partial charge in [-0.05, 0) is 12.5 Å². The van der Waals surface area contributed by atoms with Crippen molar-refractivity contribution >= 4 is 8.07 Å². The topological polar surface area (TPSA) is 29.5 Å². The van der Waals surface area contributed by atoms with E-state index < -0.39 is 8.07 Å². The Labute approximate surface area is 104 Å². The van der Waals surface area contributed by atoms with Crippen LogP contribution in [0.15, 0.2) is 41.9 Å². The molecule has 1 atom stereocenters. The molecule has 1 aliphatic rings. The van der Waals surface area contributed by atoms with Crippen LogP contribution in [0.1, 0.15) is 12.5 Å². The van der Waals surface area contributed by atoms with Crippen LogP contribution in [0.2, 0.25) is 19.6 Å². The molecule has 17 heavy (non-hydrogen) atoms. The summed E-state index contributed by atoms with van der Waals surface area (Å²) in [5.74, 6) is 0.128. The molecule has 0 aromatic heterocycles. The number of hydrogen-bond donors (Lipinski definition) is 1. The largest absolute Gasteiger partial charge is 0.481 e. The molecule has 0 aliphatic carbocycles. The molecule has 3 heteroatoms. The Bertz CT molecular complexity index is 445. The highest BCUT2D eigenvalue weighted by Gasteiger charge is 2.55. The van der Waals surface area contributed by atoms with Gasteiger partial charge in [0, 0.05) is 12.0 Å². The standard InChI is InChI=1S/C14H20O2Si/c1-11-13(15)16-14(11,17(2,3)4)10-12-8-6-5-7-9-12/h5-9,15H,10H2,1-4H3. The minimum atomic E-state index is -1.55. The van der Waals surface area contributed by atoms with E-state index in [1.165, 1.54) is 5.56 Å². The lowest BCUT2D eigenvalue weighted by atomic mass is 9.99. The molecule has 2 rings (SSSR count). The first-order valence-electron chi connectivity index (χ1n) is 6.00. The van der Waals surface area contributed by atoms with Crippen molar-refractivity contribution in [1.82, 2.24) is 0 Å². The summed E-state index contributed by atoms with van der Waals surface area (Å²) in [5.41, 5.74) is 2.28. The predicted molar refractivity (Wildman–Crippen MR) is 72.6 cm³/mol. The van der Waals surface area contributed by atoms with Crippen LogP contribution in [-0.2, 0) is 11.2 Å². The first kappa shape index (κ1) is 12.2. The van der Waals surface area contributed by atoms with E-state index in [0.717, 1.165) is 12.0 Å². The lowest BCUT2D eigenvalue weighted by molar-refractivity contribution is -0.0419. The van der Waals surface area contributed by atoms with Gasteiger partial charge >= 0.3 is 0 Å². The van der Waals surface area contributed by atoms with Gasteiger partial charge in [-0.15, -0.1) is 0 Å². The monoisotopic (exact) mass is 248 g/mol. The Morgan fingerprint density at radius 3 is 2.18 bits per heavy atom. The van der Waals surface area contributed by atoms with Gasteiger partial charge in [0.25, 0.3) is 5.95 Å². The second-order valence-electron chi connectivity index (χ2n) is 5.77. The van der Waals surface area contributed by atoms with Crippen molar-refractivity contribution < 1.29 is 9.84 Å². The van der Waals surface area contributed by atoms with Gasteiger partial charge in [0.05, 0.1) is 0 Å². The number of benzene rings is 1. The zero-order valence-corrected chi connectivity index (χ0v) is 11.9. The fourth-order valence-electron chi connectivity index (χ4n) is 2.48. The summed E-state index contributed by atoms with van der Waals surface area (Å²) in [5, 5.41) is 9.34. The second-order valence-corrected chi connectivity index (χ2v) is 11.1. The first-order valence-corrected chi connectivity index (χ1v) is 9.50. The molecular weight excluding hydrogens is 228 g/mol. The van der Waals surface area contributed by atoms with Crippen LogP contribution in [0.4, 0.5) is 0 Å². The summed E-state index contributed by atoms with van der Waals surface area (Å²) in [4.78, 5) is 0. The summed E-state index contributed by atoms with van der Waals surface area (Å²) in [7, 11) is -1.55. The molecule has 92 valence electrons.